The Morgan fingerprint density at radius 3 is 2.42 bits per heavy atom. The maximum Gasteiger partial charge on any atom is 0.251 e. The first-order chi connectivity index (χ1) is 12.3. The van der Waals surface area contributed by atoms with Crippen molar-refractivity contribution in [2.45, 2.75) is 24.8 Å². The van der Waals surface area contributed by atoms with Gasteiger partial charge in [-0.3, -0.25) is 4.79 Å². The van der Waals surface area contributed by atoms with Gasteiger partial charge >= 0.3 is 0 Å². The number of hydrogen-bond acceptors (Lipinski definition) is 4. The molecule has 2 aromatic rings. The van der Waals surface area contributed by atoms with E-state index in [1.165, 1.54) is 49.6 Å². The van der Waals surface area contributed by atoms with Crippen LogP contribution in [0.25, 0.3) is 0 Å². The van der Waals surface area contributed by atoms with Crippen LogP contribution >= 0.6 is 0 Å². The van der Waals surface area contributed by atoms with E-state index in [1.54, 1.807) is 13.8 Å². The molecule has 6 nitrogen and oxygen atoms in total. The second-order valence-corrected chi connectivity index (χ2v) is 7.30. The molecule has 0 heterocycles. The summed E-state index contributed by atoms with van der Waals surface area (Å²) in [6, 6.07) is 9.12. The zero-order valence-electron chi connectivity index (χ0n) is 14.7. The largest absolute Gasteiger partial charge is 0.495 e. The third kappa shape index (κ3) is 4.59. The highest BCUT2D eigenvalue weighted by Gasteiger charge is 2.24. The van der Waals surface area contributed by atoms with Crippen molar-refractivity contribution in [1.82, 2.24) is 10.0 Å². The fourth-order valence-electron chi connectivity index (χ4n) is 2.41. The molecule has 0 radical (unpaired) electrons. The summed E-state index contributed by atoms with van der Waals surface area (Å²) in [6.07, 6.45) is 0. The van der Waals surface area contributed by atoms with Crippen molar-refractivity contribution >= 4 is 15.9 Å². The summed E-state index contributed by atoms with van der Waals surface area (Å²) >= 11 is 0. The molecular weight excluding hydrogens is 359 g/mol. The molecule has 2 aromatic carbocycles. The number of nitrogens with one attached hydrogen (secondary N) is 2. The maximum atomic E-state index is 13.0. The molecule has 0 saturated carbocycles. The Morgan fingerprint density at radius 1 is 1.19 bits per heavy atom. The lowest BCUT2D eigenvalue weighted by atomic mass is 10.1. The Hall–Kier alpha value is -2.45. The molecule has 1 atom stereocenters. The first-order valence-corrected chi connectivity index (χ1v) is 9.50. The van der Waals surface area contributed by atoms with E-state index in [1.807, 2.05) is 0 Å². The molecule has 2 N–H and O–H groups in total. The van der Waals surface area contributed by atoms with Gasteiger partial charge in [-0.2, -0.15) is 0 Å². The Kier molecular flexibility index (Phi) is 6.33. The van der Waals surface area contributed by atoms with Gasteiger partial charge in [0.05, 0.1) is 7.11 Å². The lowest BCUT2D eigenvalue weighted by molar-refractivity contribution is 0.0955. The molecule has 1 amide bonds. The van der Waals surface area contributed by atoms with Crippen LogP contribution in [0.15, 0.2) is 47.4 Å². The Bertz CT molecular complexity index is 883. The number of carbonyl (C=O) groups is 1. The van der Waals surface area contributed by atoms with Gasteiger partial charge in [-0.05, 0) is 49.7 Å². The molecule has 0 aliphatic carbocycles. The van der Waals surface area contributed by atoms with Crippen molar-refractivity contribution in [3.63, 3.8) is 0 Å². The summed E-state index contributed by atoms with van der Waals surface area (Å²) in [4.78, 5) is 11.9. The van der Waals surface area contributed by atoms with E-state index in [0.717, 1.165) is 0 Å². The molecule has 0 bridgehead atoms. The molecule has 0 aliphatic rings. The van der Waals surface area contributed by atoms with Crippen molar-refractivity contribution in [3.05, 3.63) is 59.4 Å². The average Bonchev–Trinajstić information content (AvgIpc) is 2.61. The number of rotatable bonds is 7. The lowest BCUT2D eigenvalue weighted by Crippen LogP contribution is -2.28. The second kappa shape index (κ2) is 8.29. The Labute approximate surface area is 152 Å². The zero-order chi connectivity index (χ0) is 19.3. The van der Waals surface area contributed by atoms with E-state index < -0.39 is 21.9 Å². The van der Waals surface area contributed by atoms with Gasteiger partial charge in [-0.1, -0.05) is 12.1 Å². The predicted molar refractivity (Wildman–Crippen MR) is 96.1 cm³/mol. The second-order valence-electron chi connectivity index (χ2n) is 5.62. The van der Waals surface area contributed by atoms with E-state index in [9.17, 15) is 17.6 Å². The van der Waals surface area contributed by atoms with Crippen molar-refractivity contribution in [2.24, 2.45) is 0 Å². The first kappa shape index (κ1) is 19.9. The summed E-state index contributed by atoms with van der Waals surface area (Å²) in [5.74, 6) is -0.657. The van der Waals surface area contributed by atoms with Crippen LogP contribution in [0.4, 0.5) is 4.39 Å². The molecule has 140 valence electrons. The van der Waals surface area contributed by atoms with Gasteiger partial charge in [0.15, 0.2) is 0 Å². The van der Waals surface area contributed by atoms with Crippen LogP contribution in [0.2, 0.25) is 0 Å². The zero-order valence-corrected chi connectivity index (χ0v) is 15.6. The van der Waals surface area contributed by atoms with Crippen LogP contribution in [-0.4, -0.2) is 28.0 Å². The van der Waals surface area contributed by atoms with Crippen molar-refractivity contribution < 1.29 is 22.3 Å². The van der Waals surface area contributed by atoms with Crippen molar-refractivity contribution in [1.29, 1.82) is 0 Å². The molecule has 0 aromatic heterocycles. The van der Waals surface area contributed by atoms with Crippen LogP contribution < -0.4 is 14.8 Å². The van der Waals surface area contributed by atoms with E-state index in [0.29, 0.717) is 12.1 Å². The predicted octanol–water partition coefficient (Wildman–Crippen LogP) is 2.62. The highest BCUT2D eigenvalue weighted by atomic mass is 32.2. The van der Waals surface area contributed by atoms with Gasteiger partial charge in [0, 0.05) is 18.2 Å². The van der Waals surface area contributed by atoms with Crippen molar-refractivity contribution in [2.75, 3.05) is 13.7 Å². The normalized spacial score (nSPS) is 12.5. The Morgan fingerprint density at radius 2 is 1.85 bits per heavy atom. The number of benzene rings is 2. The molecule has 0 unspecified atom stereocenters. The number of sulfonamides is 1. The van der Waals surface area contributed by atoms with Gasteiger partial charge in [0.25, 0.3) is 5.91 Å². The minimum absolute atomic E-state index is 0.122. The summed E-state index contributed by atoms with van der Waals surface area (Å²) in [6.45, 7) is 3.84. The monoisotopic (exact) mass is 380 g/mol. The standard InChI is InChI=1S/C18H21FN2O4S/c1-4-20-18(22)14-7-10-16(25-3)17(11-14)26(23,24)21-12(2)13-5-8-15(19)9-6-13/h5-12,21H,4H2,1-3H3,(H,20,22)/t12-/m0/s1. The summed E-state index contributed by atoms with van der Waals surface area (Å²) in [5, 5.41) is 2.62. The molecular formula is C18H21FN2O4S. The minimum atomic E-state index is -3.98. The number of methoxy groups -OCH3 is 1. The van der Waals surface area contributed by atoms with Gasteiger partial charge in [0.2, 0.25) is 10.0 Å². The van der Waals surface area contributed by atoms with E-state index in [4.69, 9.17) is 4.74 Å². The first-order valence-electron chi connectivity index (χ1n) is 8.02. The highest BCUT2D eigenvalue weighted by molar-refractivity contribution is 7.89. The fourth-order valence-corrected chi connectivity index (χ4v) is 3.83. The smallest absolute Gasteiger partial charge is 0.251 e. The number of halogens is 1. The average molecular weight is 380 g/mol. The lowest BCUT2D eigenvalue weighted by Gasteiger charge is -2.17. The molecule has 0 saturated heterocycles. The van der Waals surface area contributed by atoms with Gasteiger partial charge in [0.1, 0.15) is 16.5 Å². The Balaban J connectivity index is 2.35. The summed E-state index contributed by atoms with van der Waals surface area (Å²) in [7, 11) is -2.63. The molecule has 0 fully saturated rings. The van der Waals surface area contributed by atoms with Crippen LogP contribution in [0.3, 0.4) is 0 Å². The number of ether oxygens (including phenoxy) is 1. The number of hydrogen-bond donors (Lipinski definition) is 2. The summed E-state index contributed by atoms with van der Waals surface area (Å²) in [5.41, 5.74) is 0.816. The topological polar surface area (TPSA) is 84.5 Å². The molecule has 0 aliphatic heterocycles. The van der Waals surface area contributed by atoms with Gasteiger partial charge in [-0.25, -0.2) is 17.5 Å². The van der Waals surface area contributed by atoms with Crippen molar-refractivity contribution in [3.8, 4) is 5.75 Å². The molecule has 26 heavy (non-hydrogen) atoms. The SMILES string of the molecule is CCNC(=O)c1ccc(OC)c(S(=O)(=O)N[C@@H](C)c2ccc(F)cc2)c1. The van der Waals surface area contributed by atoms with Crippen LogP contribution in [0, 0.1) is 5.82 Å². The summed E-state index contributed by atoms with van der Waals surface area (Å²) < 4.78 is 46.3. The van der Waals surface area contributed by atoms with Crippen LogP contribution in [0.1, 0.15) is 35.8 Å². The minimum Gasteiger partial charge on any atom is -0.495 e. The number of carbonyl (C=O) groups excluding carboxylic acids is 1. The van der Waals surface area contributed by atoms with E-state index >= 15 is 0 Å². The van der Waals surface area contributed by atoms with Crippen LogP contribution in [0.5, 0.6) is 5.75 Å². The molecule has 2 rings (SSSR count). The maximum absolute atomic E-state index is 13.0. The third-order valence-corrected chi connectivity index (χ3v) is 5.32. The van der Waals surface area contributed by atoms with Gasteiger partial charge < -0.3 is 10.1 Å². The number of amides is 1. The third-order valence-electron chi connectivity index (χ3n) is 3.75. The van der Waals surface area contributed by atoms with E-state index in [2.05, 4.69) is 10.0 Å². The molecule has 8 heteroatoms. The quantitative estimate of drug-likeness (QED) is 0.773. The van der Waals surface area contributed by atoms with Crippen LogP contribution in [-0.2, 0) is 10.0 Å². The van der Waals surface area contributed by atoms with E-state index in [-0.39, 0.29) is 22.1 Å². The van der Waals surface area contributed by atoms with Gasteiger partial charge in [-0.15, -0.1) is 0 Å². The molecule has 0 spiro atoms. The fraction of sp³-hybridized carbons (Fsp3) is 0.278. The highest BCUT2D eigenvalue weighted by Crippen LogP contribution is 2.26.